The Morgan fingerprint density at radius 3 is 1.02 bits per heavy atom. The lowest BCUT2D eigenvalue weighted by Gasteiger charge is -2.28. The maximum absolute atomic E-state index is 5.57. The third-order valence-corrected chi connectivity index (χ3v) is 10.2. The molecule has 0 spiro atoms. The molecule has 4 heterocycles. The number of hydrogen-bond donors (Lipinski definition) is 0. The molecule has 0 saturated carbocycles. The predicted octanol–water partition coefficient (Wildman–Crippen LogP) is 6.82. The zero-order valence-electron chi connectivity index (χ0n) is 28.7. The second-order valence-corrected chi connectivity index (χ2v) is 14.7. The van der Waals surface area contributed by atoms with Gasteiger partial charge in [0.25, 0.3) is 0 Å². The first kappa shape index (κ1) is 31.7. The first-order chi connectivity index (χ1) is 22.2. The van der Waals surface area contributed by atoms with Crippen LogP contribution in [0.5, 0.6) is 0 Å². The highest BCUT2D eigenvalue weighted by Crippen LogP contribution is 2.34. The van der Waals surface area contributed by atoms with Crippen molar-refractivity contribution in [3.8, 4) is 0 Å². The summed E-state index contributed by atoms with van der Waals surface area (Å²) in [7, 11) is 0. The second-order valence-electron chi connectivity index (χ2n) is 14.7. The molecule has 0 bridgehead atoms. The van der Waals surface area contributed by atoms with Gasteiger partial charge in [0, 0.05) is 37.6 Å². The highest BCUT2D eigenvalue weighted by molar-refractivity contribution is 5.62. The molecular weight excluding hydrogens is 572 g/mol. The Labute approximate surface area is 276 Å². The van der Waals surface area contributed by atoms with Crippen molar-refractivity contribution in [1.82, 2.24) is 0 Å². The van der Waals surface area contributed by atoms with Crippen LogP contribution in [0.15, 0.2) is 48.5 Å². The molecule has 6 unspecified atom stereocenters. The number of nitrogens with zero attached hydrogens (tertiary/aromatic N) is 2. The second kappa shape index (κ2) is 13.3. The number of rotatable bonds is 16. The molecular formula is C40H52N2O4. The van der Waals surface area contributed by atoms with Crippen molar-refractivity contribution in [3.63, 3.8) is 0 Å². The average Bonchev–Trinajstić information content (AvgIpc) is 3.81. The fraction of sp³-hybridized carbons (Fsp3) is 0.550. The number of anilines is 2. The fourth-order valence-corrected chi connectivity index (χ4v) is 7.61. The first-order valence-electron chi connectivity index (χ1n) is 17.5. The van der Waals surface area contributed by atoms with Crippen LogP contribution in [0.3, 0.4) is 0 Å². The van der Waals surface area contributed by atoms with Crippen molar-refractivity contribution in [3.05, 3.63) is 93.0 Å². The molecule has 6 nitrogen and oxygen atoms in total. The first-order valence-corrected chi connectivity index (χ1v) is 17.5. The van der Waals surface area contributed by atoms with E-state index in [0.717, 1.165) is 65.4 Å². The van der Waals surface area contributed by atoms with Crippen molar-refractivity contribution in [2.75, 3.05) is 62.4 Å². The Morgan fingerprint density at radius 2 is 0.783 bits per heavy atom. The van der Waals surface area contributed by atoms with Crippen LogP contribution in [0.1, 0.15) is 70.2 Å². The molecule has 0 aromatic heterocycles. The van der Waals surface area contributed by atoms with Crippen molar-refractivity contribution in [2.45, 2.75) is 90.6 Å². The highest BCUT2D eigenvalue weighted by atomic mass is 16.6. The molecule has 4 aliphatic heterocycles. The van der Waals surface area contributed by atoms with E-state index in [1.807, 2.05) is 0 Å². The lowest BCUT2D eigenvalue weighted by molar-refractivity contribution is 0.388. The van der Waals surface area contributed by atoms with Crippen molar-refractivity contribution >= 4 is 11.4 Å². The summed E-state index contributed by atoms with van der Waals surface area (Å²) in [6.07, 6.45) is 3.55. The van der Waals surface area contributed by atoms with E-state index in [4.69, 9.17) is 18.9 Å². The quantitative estimate of drug-likeness (QED) is 0.163. The van der Waals surface area contributed by atoms with Crippen LogP contribution in [0.2, 0.25) is 0 Å². The van der Waals surface area contributed by atoms with Crippen LogP contribution in [-0.4, -0.2) is 77.0 Å². The molecule has 4 saturated heterocycles. The molecule has 46 heavy (non-hydrogen) atoms. The standard InChI is InChI=1S/C40H52N2O4/c1-25(11-31-13-27(3)39(28(4)14-31)41(17-35-21-43-35)18-36-22-44-36)33-7-9-34(10-8-33)26(2)12-32-15-29(5)40(30(6)16-32)42(19-37-23-45-37)20-38-24-46-38/h7-10,13-16,25-26,35-38H,11-12,17-24H2,1-6H3. The average molecular weight is 625 g/mol. The van der Waals surface area contributed by atoms with Gasteiger partial charge in [-0.2, -0.15) is 0 Å². The van der Waals surface area contributed by atoms with Crippen LogP contribution in [-0.2, 0) is 31.8 Å². The van der Waals surface area contributed by atoms with Gasteiger partial charge in [-0.1, -0.05) is 62.4 Å². The summed E-state index contributed by atoms with van der Waals surface area (Å²) < 4.78 is 22.3. The molecule has 246 valence electrons. The zero-order valence-corrected chi connectivity index (χ0v) is 28.7. The van der Waals surface area contributed by atoms with E-state index in [9.17, 15) is 0 Å². The fourth-order valence-electron chi connectivity index (χ4n) is 7.61. The van der Waals surface area contributed by atoms with Crippen LogP contribution >= 0.6 is 0 Å². The van der Waals surface area contributed by atoms with Gasteiger partial charge >= 0.3 is 0 Å². The Kier molecular flexibility index (Phi) is 9.17. The Balaban J connectivity index is 0.982. The molecule has 3 aromatic rings. The minimum absolute atomic E-state index is 0.368. The summed E-state index contributed by atoms with van der Waals surface area (Å²) in [5.74, 6) is 0.903. The van der Waals surface area contributed by atoms with Crippen LogP contribution < -0.4 is 9.80 Å². The highest BCUT2D eigenvalue weighted by Gasteiger charge is 2.33. The summed E-state index contributed by atoms with van der Waals surface area (Å²) in [5.41, 5.74) is 13.8. The number of hydrogen-bond acceptors (Lipinski definition) is 6. The largest absolute Gasteiger partial charge is 0.371 e. The van der Waals surface area contributed by atoms with Crippen molar-refractivity contribution < 1.29 is 18.9 Å². The van der Waals surface area contributed by atoms with E-state index in [1.54, 1.807) is 0 Å². The topological polar surface area (TPSA) is 56.6 Å². The van der Waals surface area contributed by atoms with Crippen molar-refractivity contribution in [1.29, 1.82) is 0 Å². The SMILES string of the molecule is Cc1cc(CC(C)c2ccc(C(C)Cc3cc(C)c(N(CC4CO4)CC4CO4)c(C)c3)cc2)cc(C)c1N(CC1CO1)CC1CO1. The summed E-state index contributed by atoms with van der Waals surface area (Å²) in [6, 6.07) is 19.0. The normalized spacial score (nSPS) is 24.0. The molecule has 0 radical (unpaired) electrons. The van der Waals surface area contributed by atoms with Crippen molar-refractivity contribution in [2.24, 2.45) is 0 Å². The van der Waals surface area contributed by atoms with Gasteiger partial charge in [0.2, 0.25) is 0 Å². The third-order valence-electron chi connectivity index (χ3n) is 10.2. The molecule has 6 heteroatoms. The number of benzene rings is 3. The maximum Gasteiger partial charge on any atom is 0.0984 e. The molecule has 0 N–H and O–H groups in total. The van der Waals surface area contributed by atoms with E-state index in [2.05, 4.69) is 99.9 Å². The van der Waals surface area contributed by atoms with Gasteiger partial charge in [0.1, 0.15) is 0 Å². The Hall–Kier alpha value is -2.90. The van der Waals surface area contributed by atoms with Gasteiger partial charge < -0.3 is 28.7 Å². The van der Waals surface area contributed by atoms with Gasteiger partial charge in [-0.3, -0.25) is 0 Å². The molecule has 3 aromatic carbocycles. The lowest BCUT2D eigenvalue weighted by Crippen LogP contribution is -2.32. The van der Waals surface area contributed by atoms with Crippen LogP contribution in [0.4, 0.5) is 11.4 Å². The van der Waals surface area contributed by atoms with Gasteiger partial charge in [0.15, 0.2) is 0 Å². The van der Waals surface area contributed by atoms with Gasteiger partial charge in [-0.25, -0.2) is 0 Å². The summed E-state index contributed by atoms with van der Waals surface area (Å²) in [4.78, 5) is 4.99. The minimum Gasteiger partial charge on any atom is -0.371 e. The van der Waals surface area contributed by atoms with E-state index in [1.165, 1.54) is 55.9 Å². The molecule has 7 rings (SSSR count). The predicted molar refractivity (Wildman–Crippen MR) is 186 cm³/mol. The van der Waals surface area contributed by atoms with E-state index in [0.29, 0.717) is 36.3 Å². The summed E-state index contributed by atoms with van der Waals surface area (Å²) >= 11 is 0. The smallest absolute Gasteiger partial charge is 0.0984 e. The maximum atomic E-state index is 5.57. The van der Waals surface area contributed by atoms with E-state index in [-0.39, 0.29) is 0 Å². The monoisotopic (exact) mass is 624 g/mol. The van der Waals surface area contributed by atoms with Gasteiger partial charge in [-0.05, 0) is 96.9 Å². The molecule has 0 amide bonds. The summed E-state index contributed by atoms with van der Waals surface area (Å²) in [6.45, 7) is 21.1. The summed E-state index contributed by atoms with van der Waals surface area (Å²) in [5, 5.41) is 0. The van der Waals surface area contributed by atoms with Gasteiger partial charge in [0.05, 0.1) is 50.8 Å². The van der Waals surface area contributed by atoms with Gasteiger partial charge in [-0.15, -0.1) is 0 Å². The van der Waals surface area contributed by atoms with Crippen LogP contribution in [0, 0.1) is 27.7 Å². The number of aryl methyl sites for hydroxylation is 4. The van der Waals surface area contributed by atoms with E-state index >= 15 is 0 Å². The zero-order chi connectivity index (χ0) is 31.9. The third kappa shape index (κ3) is 7.96. The van der Waals surface area contributed by atoms with E-state index < -0.39 is 0 Å². The number of epoxide rings is 4. The molecule has 4 fully saturated rings. The molecule has 0 aliphatic carbocycles. The molecule has 6 atom stereocenters. The van der Waals surface area contributed by atoms with Crippen LogP contribution in [0.25, 0.3) is 0 Å². The number of ether oxygens (including phenoxy) is 4. The Morgan fingerprint density at radius 1 is 0.522 bits per heavy atom. The lowest BCUT2D eigenvalue weighted by atomic mass is 9.88. The Bertz CT molecular complexity index is 1330. The minimum atomic E-state index is 0.368. The molecule has 4 aliphatic rings.